The zero-order valence-corrected chi connectivity index (χ0v) is 19.8. The average Bonchev–Trinajstić information content (AvgIpc) is 3.13. The number of benzene rings is 3. The highest BCUT2D eigenvalue weighted by Crippen LogP contribution is 2.15. The van der Waals surface area contributed by atoms with Crippen LogP contribution in [0.15, 0.2) is 76.3 Å². The van der Waals surface area contributed by atoms with Gasteiger partial charge in [0, 0.05) is 5.69 Å². The monoisotopic (exact) mass is 467 g/mol. The minimum absolute atomic E-state index is 0.193. The molecule has 5 aromatic rings. The number of aromatic nitrogens is 4. The number of carbonyl (C=O) groups is 1. The van der Waals surface area contributed by atoms with Crippen molar-refractivity contribution >= 4 is 28.3 Å². The summed E-state index contributed by atoms with van der Waals surface area (Å²) in [5.74, 6) is -0.185. The van der Waals surface area contributed by atoms with Crippen molar-refractivity contribution in [2.75, 3.05) is 5.32 Å². The normalized spacial score (nSPS) is 11.3. The second-order valence-electron chi connectivity index (χ2n) is 8.89. The molecule has 35 heavy (non-hydrogen) atoms. The van der Waals surface area contributed by atoms with Gasteiger partial charge < -0.3 is 5.32 Å². The van der Waals surface area contributed by atoms with Gasteiger partial charge in [-0.3, -0.25) is 14.2 Å². The predicted molar refractivity (Wildman–Crippen MR) is 136 cm³/mol. The van der Waals surface area contributed by atoms with Gasteiger partial charge in [-0.2, -0.15) is 0 Å². The Bertz CT molecular complexity index is 1690. The van der Waals surface area contributed by atoms with Crippen LogP contribution < -0.4 is 16.6 Å². The average molecular weight is 468 g/mol. The molecular weight excluding hydrogens is 442 g/mol. The maximum Gasteiger partial charge on any atom is 0.352 e. The Hall–Kier alpha value is -4.46. The van der Waals surface area contributed by atoms with Crippen molar-refractivity contribution in [2.24, 2.45) is 0 Å². The summed E-state index contributed by atoms with van der Waals surface area (Å²) in [4.78, 5) is 39.5. The molecule has 0 bridgehead atoms. The number of aryl methyl sites for hydroxylation is 3. The van der Waals surface area contributed by atoms with Gasteiger partial charge in [-0.1, -0.05) is 48.0 Å². The van der Waals surface area contributed by atoms with Gasteiger partial charge in [0.2, 0.25) is 11.7 Å². The Labute approximate surface area is 201 Å². The van der Waals surface area contributed by atoms with Gasteiger partial charge in [-0.05, 0) is 61.7 Å². The Morgan fingerprint density at radius 2 is 1.57 bits per heavy atom. The number of anilines is 1. The number of rotatable bonds is 5. The lowest BCUT2D eigenvalue weighted by Crippen LogP contribution is -2.29. The molecule has 176 valence electrons. The van der Waals surface area contributed by atoms with Crippen LogP contribution in [-0.2, 0) is 17.9 Å². The lowest BCUT2D eigenvalue weighted by molar-refractivity contribution is -0.117. The third kappa shape index (κ3) is 4.26. The lowest BCUT2D eigenvalue weighted by atomic mass is 10.1. The highest BCUT2D eigenvalue weighted by molar-refractivity contribution is 5.90. The van der Waals surface area contributed by atoms with Gasteiger partial charge in [0.1, 0.15) is 6.54 Å². The maximum atomic E-state index is 13.4. The molecule has 3 aromatic carbocycles. The second-order valence-corrected chi connectivity index (χ2v) is 8.89. The first-order valence-electron chi connectivity index (χ1n) is 11.3. The largest absolute Gasteiger partial charge is 0.352 e. The summed E-state index contributed by atoms with van der Waals surface area (Å²) >= 11 is 0. The van der Waals surface area contributed by atoms with E-state index in [0.29, 0.717) is 16.6 Å². The number of amides is 1. The molecule has 1 amide bonds. The van der Waals surface area contributed by atoms with Gasteiger partial charge in [-0.25, -0.2) is 13.9 Å². The third-order valence-electron chi connectivity index (χ3n) is 5.94. The Balaban J connectivity index is 1.59. The summed E-state index contributed by atoms with van der Waals surface area (Å²) in [5, 5.41) is 7.67. The molecule has 1 N–H and O–H groups in total. The standard InChI is InChI=1S/C27H25N5O3/c1-17-8-10-20(11-9-17)15-30-25(34)22-6-4-5-7-23(22)32-26(30)29-31(27(32)35)16-24(33)28-21-13-18(2)12-19(3)14-21/h4-14H,15-16H2,1-3H3,(H,28,33). The number of fused-ring (bicyclic) bond motifs is 3. The molecule has 2 heterocycles. The van der Waals surface area contributed by atoms with E-state index in [1.54, 1.807) is 24.3 Å². The SMILES string of the molecule is Cc1ccc(Cn2c(=O)c3ccccc3n3c(=O)n(CC(=O)Nc4cc(C)cc(C)c4)nc23)cc1. The number of para-hydroxylation sites is 1. The number of carbonyl (C=O) groups excluding carboxylic acids is 1. The van der Waals surface area contributed by atoms with Gasteiger partial charge in [0.15, 0.2) is 0 Å². The molecule has 0 aliphatic carbocycles. The first kappa shape index (κ1) is 22.3. The molecule has 0 saturated carbocycles. The van der Waals surface area contributed by atoms with E-state index in [9.17, 15) is 14.4 Å². The van der Waals surface area contributed by atoms with Gasteiger partial charge in [0.25, 0.3) is 5.56 Å². The summed E-state index contributed by atoms with van der Waals surface area (Å²) in [6, 6.07) is 20.5. The summed E-state index contributed by atoms with van der Waals surface area (Å²) in [5.41, 5.74) is 4.46. The zero-order valence-electron chi connectivity index (χ0n) is 19.8. The van der Waals surface area contributed by atoms with E-state index < -0.39 is 5.69 Å². The van der Waals surface area contributed by atoms with E-state index >= 15 is 0 Å². The van der Waals surface area contributed by atoms with Crippen molar-refractivity contribution in [3.8, 4) is 0 Å². The minimum atomic E-state index is -0.482. The van der Waals surface area contributed by atoms with Gasteiger partial charge in [0.05, 0.1) is 17.4 Å². The molecular formula is C27H25N5O3. The Morgan fingerprint density at radius 3 is 2.29 bits per heavy atom. The first-order valence-corrected chi connectivity index (χ1v) is 11.3. The summed E-state index contributed by atoms with van der Waals surface area (Å²) < 4.78 is 3.98. The zero-order chi connectivity index (χ0) is 24.7. The van der Waals surface area contributed by atoms with Crippen LogP contribution in [0.5, 0.6) is 0 Å². The fourth-order valence-corrected chi connectivity index (χ4v) is 4.37. The molecule has 8 nitrogen and oxygen atoms in total. The molecule has 0 unspecified atom stereocenters. The quantitative estimate of drug-likeness (QED) is 0.429. The van der Waals surface area contributed by atoms with Crippen molar-refractivity contribution < 1.29 is 4.79 Å². The van der Waals surface area contributed by atoms with Crippen LogP contribution in [0.4, 0.5) is 5.69 Å². The highest BCUT2D eigenvalue weighted by Gasteiger charge is 2.19. The molecule has 0 aliphatic heterocycles. The number of nitrogens with one attached hydrogen (secondary N) is 1. The number of hydrogen-bond acceptors (Lipinski definition) is 4. The molecule has 2 aromatic heterocycles. The fourth-order valence-electron chi connectivity index (χ4n) is 4.37. The second kappa shape index (κ2) is 8.72. The third-order valence-corrected chi connectivity index (χ3v) is 5.94. The maximum absolute atomic E-state index is 13.4. The lowest BCUT2D eigenvalue weighted by Gasteiger charge is -2.10. The van der Waals surface area contributed by atoms with Crippen LogP contribution in [0.2, 0.25) is 0 Å². The van der Waals surface area contributed by atoms with Crippen molar-refractivity contribution in [2.45, 2.75) is 33.9 Å². The summed E-state index contributed by atoms with van der Waals surface area (Å²) in [6.45, 7) is 5.87. The number of hydrogen-bond donors (Lipinski definition) is 1. The molecule has 0 fully saturated rings. The van der Waals surface area contributed by atoms with Crippen LogP contribution >= 0.6 is 0 Å². The summed E-state index contributed by atoms with van der Waals surface area (Å²) in [7, 11) is 0. The van der Waals surface area contributed by atoms with Crippen LogP contribution in [0.25, 0.3) is 16.7 Å². The van der Waals surface area contributed by atoms with Crippen LogP contribution in [0.3, 0.4) is 0 Å². The van der Waals surface area contributed by atoms with E-state index in [1.807, 2.05) is 63.2 Å². The van der Waals surface area contributed by atoms with Gasteiger partial charge in [-0.15, -0.1) is 5.10 Å². The van der Waals surface area contributed by atoms with Crippen molar-refractivity contribution in [3.05, 3.63) is 110 Å². The van der Waals surface area contributed by atoms with Gasteiger partial charge >= 0.3 is 5.69 Å². The topological polar surface area (TPSA) is 90.4 Å². The fraction of sp³-hybridized carbons (Fsp3) is 0.185. The number of nitrogens with zero attached hydrogens (tertiary/aromatic N) is 4. The molecule has 0 spiro atoms. The van der Waals surface area contributed by atoms with Crippen molar-refractivity contribution in [1.82, 2.24) is 18.7 Å². The van der Waals surface area contributed by atoms with E-state index in [0.717, 1.165) is 26.9 Å². The molecule has 0 aliphatic rings. The molecule has 5 rings (SSSR count). The van der Waals surface area contributed by atoms with E-state index in [4.69, 9.17) is 0 Å². The minimum Gasteiger partial charge on any atom is -0.324 e. The van der Waals surface area contributed by atoms with E-state index in [2.05, 4.69) is 10.4 Å². The Kier molecular flexibility index (Phi) is 5.56. The first-order chi connectivity index (χ1) is 16.8. The Morgan fingerprint density at radius 1 is 0.886 bits per heavy atom. The van der Waals surface area contributed by atoms with Crippen LogP contribution in [0.1, 0.15) is 22.3 Å². The molecule has 0 saturated heterocycles. The van der Waals surface area contributed by atoms with Crippen LogP contribution in [-0.4, -0.2) is 24.7 Å². The molecule has 8 heteroatoms. The van der Waals surface area contributed by atoms with Crippen molar-refractivity contribution in [1.29, 1.82) is 0 Å². The summed E-state index contributed by atoms with van der Waals surface area (Å²) in [6.07, 6.45) is 0. The van der Waals surface area contributed by atoms with Crippen LogP contribution in [0, 0.1) is 20.8 Å². The molecule has 0 atom stereocenters. The predicted octanol–water partition coefficient (Wildman–Crippen LogP) is 3.42. The highest BCUT2D eigenvalue weighted by atomic mass is 16.2. The van der Waals surface area contributed by atoms with E-state index in [1.165, 1.54) is 8.97 Å². The smallest absolute Gasteiger partial charge is 0.324 e. The van der Waals surface area contributed by atoms with Crippen molar-refractivity contribution in [3.63, 3.8) is 0 Å². The molecule has 0 radical (unpaired) electrons. The van der Waals surface area contributed by atoms with E-state index in [-0.39, 0.29) is 30.3 Å².